The van der Waals surface area contributed by atoms with Crippen LogP contribution in [0.25, 0.3) is 10.8 Å². The zero-order chi connectivity index (χ0) is 12.1. The van der Waals surface area contributed by atoms with Crippen LogP contribution in [0.15, 0.2) is 36.4 Å². The van der Waals surface area contributed by atoms with Gasteiger partial charge in [-0.2, -0.15) is 5.48 Å². The Morgan fingerprint density at radius 2 is 1.82 bits per heavy atom. The van der Waals surface area contributed by atoms with Crippen LogP contribution in [0.5, 0.6) is 5.75 Å². The molecule has 0 aliphatic carbocycles. The Bertz CT molecular complexity index is 497. The molecule has 0 aromatic heterocycles. The fourth-order valence-electron chi connectivity index (χ4n) is 1.90. The number of benzene rings is 2. The summed E-state index contributed by atoms with van der Waals surface area (Å²) in [6, 6.07) is 12.3. The lowest BCUT2D eigenvalue weighted by atomic mass is 10.0. The normalized spacial score (nSPS) is 10.7. The molecular formula is C14H17NO2. The lowest BCUT2D eigenvalue weighted by molar-refractivity contribution is 0.0466. The number of hydrogen-bond acceptors (Lipinski definition) is 3. The van der Waals surface area contributed by atoms with Gasteiger partial charge in [-0.05, 0) is 23.9 Å². The highest BCUT2D eigenvalue weighted by atomic mass is 16.6. The summed E-state index contributed by atoms with van der Waals surface area (Å²) < 4.78 is 5.36. The van der Waals surface area contributed by atoms with E-state index in [1.54, 1.807) is 7.11 Å². The minimum Gasteiger partial charge on any atom is -0.496 e. The summed E-state index contributed by atoms with van der Waals surface area (Å²) in [5.74, 6) is 0.903. The van der Waals surface area contributed by atoms with Gasteiger partial charge < -0.3 is 9.57 Å². The largest absolute Gasteiger partial charge is 0.496 e. The van der Waals surface area contributed by atoms with Crippen molar-refractivity contribution in [2.24, 2.45) is 0 Å². The van der Waals surface area contributed by atoms with E-state index >= 15 is 0 Å². The summed E-state index contributed by atoms with van der Waals surface area (Å²) in [5, 5.41) is 2.32. The molecule has 0 unspecified atom stereocenters. The van der Waals surface area contributed by atoms with E-state index < -0.39 is 0 Å². The van der Waals surface area contributed by atoms with Crippen LogP contribution in [0.4, 0.5) is 0 Å². The van der Waals surface area contributed by atoms with Crippen molar-refractivity contribution in [2.75, 3.05) is 13.7 Å². The van der Waals surface area contributed by atoms with Crippen LogP contribution in [0.1, 0.15) is 12.5 Å². The van der Waals surface area contributed by atoms with Crippen LogP contribution in [0.3, 0.4) is 0 Å². The van der Waals surface area contributed by atoms with Crippen molar-refractivity contribution < 1.29 is 9.57 Å². The molecule has 2 rings (SSSR count). The molecule has 17 heavy (non-hydrogen) atoms. The molecule has 90 valence electrons. The Labute approximate surface area is 101 Å². The van der Waals surface area contributed by atoms with E-state index in [1.165, 1.54) is 10.9 Å². The molecule has 3 nitrogen and oxygen atoms in total. The minimum atomic E-state index is 0.661. The fourth-order valence-corrected chi connectivity index (χ4v) is 1.90. The monoisotopic (exact) mass is 231 g/mol. The molecule has 0 bridgehead atoms. The minimum absolute atomic E-state index is 0.661. The second-order valence-corrected chi connectivity index (χ2v) is 3.73. The Morgan fingerprint density at radius 3 is 2.53 bits per heavy atom. The Morgan fingerprint density at radius 1 is 1.06 bits per heavy atom. The zero-order valence-corrected chi connectivity index (χ0v) is 10.2. The van der Waals surface area contributed by atoms with Crippen LogP contribution >= 0.6 is 0 Å². The summed E-state index contributed by atoms with van der Waals surface area (Å²) in [6.07, 6.45) is 0. The van der Waals surface area contributed by atoms with Crippen molar-refractivity contribution in [2.45, 2.75) is 13.5 Å². The molecule has 0 aliphatic rings. The topological polar surface area (TPSA) is 30.5 Å². The molecule has 2 aromatic carbocycles. The van der Waals surface area contributed by atoms with Crippen LogP contribution < -0.4 is 10.2 Å². The maximum absolute atomic E-state index is 5.36. The molecule has 0 radical (unpaired) electrons. The van der Waals surface area contributed by atoms with Crippen molar-refractivity contribution in [1.29, 1.82) is 0 Å². The Balaban J connectivity index is 2.37. The first kappa shape index (κ1) is 11.9. The van der Waals surface area contributed by atoms with Gasteiger partial charge in [0.15, 0.2) is 0 Å². The van der Waals surface area contributed by atoms with Crippen LogP contribution in [-0.2, 0) is 11.4 Å². The van der Waals surface area contributed by atoms with E-state index in [0.717, 1.165) is 11.1 Å². The molecule has 1 N–H and O–H groups in total. The molecule has 0 saturated heterocycles. The molecule has 2 aromatic rings. The number of hydroxylamine groups is 1. The number of rotatable bonds is 5. The third-order valence-electron chi connectivity index (χ3n) is 2.70. The SMILES string of the molecule is CCONCc1ccc(OC)c2ccccc12. The van der Waals surface area contributed by atoms with Gasteiger partial charge in [0.25, 0.3) is 0 Å². The third kappa shape index (κ3) is 2.57. The summed E-state index contributed by atoms with van der Waals surface area (Å²) in [6.45, 7) is 3.31. The van der Waals surface area contributed by atoms with E-state index in [4.69, 9.17) is 9.57 Å². The van der Waals surface area contributed by atoms with Gasteiger partial charge in [-0.25, -0.2) is 0 Å². The van der Waals surface area contributed by atoms with Crippen molar-refractivity contribution in [3.05, 3.63) is 42.0 Å². The second kappa shape index (κ2) is 5.66. The average Bonchev–Trinajstić information content (AvgIpc) is 2.39. The molecule has 3 heteroatoms. The first-order valence-corrected chi connectivity index (χ1v) is 5.76. The van der Waals surface area contributed by atoms with Crippen LogP contribution in [0.2, 0.25) is 0 Å². The van der Waals surface area contributed by atoms with Gasteiger partial charge in [0, 0.05) is 11.9 Å². The third-order valence-corrected chi connectivity index (χ3v) is 2.70. The lowest BCUT2D eigenvalue weighted by Gasteiger charge is -2.10. The molecule has 0 aliphatic heterocycles. The van der Waals surface area contributed by atoms with E-state index in [0.29, 0.717) is 13.2 Å². The molecule has 0 heterocycles. The predicted molar refractivity (Wildman–Crippen MR) is 69.0 cm³/mol. The maximum atomic E-state index is 5.36. The summed E-state index contributed by atoms with van der Waals surface area (Å²) in [4.78, 5) is 5.16. The van der Waals surface area contributed by atoms with Gasteiger partial charge in [-0.15, -0.1) is 0 Å². The fraction of sp³-hybridized carbons (Fsp3) is 0.286. The van der Waals surface area contributed by atoms with Crippen molar-refractivity contribution in [3.63, 3.8) is 0 Å². The number of methoxy groups -OCH3 is 1. The average molecular weight is 231 g/mol. The van der Waals surface area contributed by atoms with Crippen molar-refractivity contribution in [1.82, 2.24) is 5.48 Å². The Kier molecular flexibility index (Phi) is 3.96. The second-order valence-electron chi connectivity index (χ2n) is 3.73. The molecule has 0 spiro atoms. The van der Waals surface area contributed by atoms with Crippen molar-refractivity contribution in [3.8, 4) is 5.75 Å². The summed E-state index contributed by atoms with van der Waals surface area (Å²) in [5.41, 5.74) is 4.14. The van der Waals surface area contributed by atoms with Crippen LogP contribution in [0, 0.1) is 0 Å². The van der Waals surface area contributed by atoms with Gasteiger partial charge in [0.05, 0.1) is 13.7 Å². The Hall–Kier alpha value is -1.58. The lowest BCUT2D eigenvalue weighted by Crippen LogP contribution is -2.13. The van der Waals surface area contributed by atoms with E-state index in [9.17, 15) is 0 Å². The smallest absolute Gasteiger partial charge is 0.126 e. The van der Waals surface area contributed by atoms with Gasteiger partial charge in [-0.3, -0.25) is 0 Å². The first-order valence-electron chi connectivity index (χ1n) is 5.76. The van der Waals surface area contributed by atoms with E-state index in [-0.39, 0.29) is 0 Å². The number of nitrogens with one attached hydrogen (secondary N) is 1. The van der Waals surface area contributed by atoms with E-state index in [1.807, 2.05) is 25.1 Å². The standard InChI is InChI=1S/C14H17NO2/c1-3-17-15-10-11-8-9-14(16-2)13-7-5-4-6-12(11)13/h4-9,15H,3,10H2,1-2H3. The molecule has 0 fully saturated rings. The van der Waals surface area contributed by atoms with Gasteiger partial charge in [0.1, 0.15) is 5.75 Å². The predicted octanol–water partition coefficient (Wildman–Crippen LogP) is 2.89. The zero-order valence-electron chi connectivity index (χ0n) is 10.2. The summed E-state index contributed by atoms with van der Waals surface area (Å²) in [7, 11) is 1.69. The van der Waals surface area contributed by atoms with Gasteiger partial charge in [0.2, 0.25) is 0 Å². The highest BCUT2D eigenvalue weighted by Crippen LogP contribution is 2.28. The molecule has 0 amide bonds. The maximum Gasteiger partial charge on any atom is 0.126 e. The number of fused-ring (bicyclic) bond motifs is 1. The van der Waals surface area contributed by atoms with Gasteiger partial charge >= 0.3 is 0 Å². The molecule has 0 saturated carbocycles. The number of hydrogen-bond donors (Lipinski definition) is 1. The number of ether oxygens (including phenoxy) is 1. The van der Waals surface area contributed by atoms with Gasteiger partial charge in [-0.1, -0.05) is 30.3 Å². The first-order chi connectivity index (χ1) is 8.36. The highest BCUT2D eigenvalue weighted by molar-refractivity contribution is 5.91. The van der Waals surface area contributed by atoms with E-state index in [2.05, 4.69) is 23.7 Å². The quantitative estimate of drug-likeness (QED) is 0.634. The molecular weight excluding hydrogens is 214 g/mol. The molecule has 0 atom stereocenters. The summed E-state index contributed by atoms with van der Waals surface area (Å²) >= 11 is 0. The van der Waals surface area contributed by atoms with Crippen molar-refractivity contribution >= 4 is 10.8 Å². The van der Waals surface area contributed by atoms with Crippen LogP contribution in [-0.4, -0.2) is 13.7 Å². The highest BCUT2D eigenvalue weighted by Gasteiger charge is 2.05.